The Labute approximate surface area is 146 Å². The average molecular weight is 340 g/mol. The number of aromatic amines is 1. The molecular weight excluding hydrogens is 316 g/mol. The van der Waals surface area contributed by atoms with E-state index in [1.54, 1.807) is 22.9 Å². The first-order valence-corrected chi connectivity index (χ1v) is 8.99. The Balaban J connectivity index is 1.65. The third-order valence-corrected chi connectivity index (χ3v) is 5.13. The second kappa shape index (κ2) is 6.48. The lowest BCUT2D eigenvalue weighted by molar-refractivity contribution is 0.137. The molecule has 0 aliphatic carbocycles. The highest BCUT2D eigenvalue weighted by atomic mass is 16.1. The van der Waals surface area contributed by atoms with E-state index in [0.29, 0.717) is 5.78 Å². The molecule has 0 saturated carbocycles. The standard InChI is InChI=1S/C18H24N6O/c1-3-23-12-14(13(2)21-23)11-22-8-5-4-6-16(22)15-10-17(25)24-9-7-19-18(24)20-15/h7,9-10,12,16H,3-6,8,11H2,1-2H3,(H,19,20)/t16-/m0/s1. The minimum absolute atomic E-state index is 0.0262. The lowest BCUT2D eigenvalue weighted by atomic mass is 9.98. The summed E-state index contributed by atoms with van der Waals surface area (Å²) in [6.45, 7) is 6.94. The van der Waals surface area contributed by atoms with E-state index in [1.807, 2.05) is 4.68 Å². The van der Waals surface area contributed by atoms with Gasteiger partial charge in [0.25, 0.3) is 5.56 Å². The van der Waals surface area contributed by atoms with Gasteiger partial charge in [-0.3, -0.25) is 18.8 Å². The molecule has 0 radical (unpaired) electrons. The van der Waals surface area contributed by atoms with Gasteiger partial charge in [0.1, 0.15) is 0 Å². The van der Waals surface area contributed by atoms with Gasteiger partial charge in [0.15, 0.2) is 0 Å². The molecule has 1 aliphatic heterocycles. The fourth-order valence-corrected chi connectivity index (χ4v) is 3.75. The summed E-state index contributed by atoms with van der Waals surface area (Å²) >= 11 is 0. The summed E-state index contributed by atoms with van der Waals surface area (Å²) in [5, 5.41) is 4.56. The molecule has 3 aromatic heterocycles. The zero-order valence-electron chi connectivity index (χ0n) is 14.8. The summed E-state index contributed by atoms with van der Waals surface area (Å²) in [7, 11) is 0. The fraction of sp³-hybridized carbons (Fsp3) is 0.500. The zero-order chi connectivity index (χ0) is 17.4. The molecule has 0 bridgehead atoms. The Kier molecular flexibility index (Phi) is 4.17. The molecule has 7 heteroatoms. The highest BCUT2D eigenvalue weighted by Gasteiger charge is 2.26. The summed E-state index contributed by atoms with van der Waals surface area (Å²) < 4.78 is 3.54. The summed E-state index contributed by atoms with van der Waals surface area (Å²) in [5.41, 5.74) is 3.28. The maximum atomic E-state index is 12.3. The van der Waals surface area contributed by atoms with Gasteiger partial charge in [-0.1, -0.05) is 6.42 Å². The van der Waals surface area contributed by atoms with Crippen LogP contribution in [0.1, 0.15) is 49.2 Å². The monoisotopic (exact) mass is 340 g/mol. The molecule has 0 aromatic carbocycles. The topological polar surface area (TPSA) is 71.2 Å². The molecule has 4 rings (SSSR count). The van der Waals surface area contributed by atoms with Crippen molar-refractivity contribution in [2.75, 3.05) is 6.54 Å². The van der Waals surface area contributed by atoms with Crippen molar-refractivity contribution in [1.29, 1.82) is 0 Å². The van der Waals surface area contributed by atoms with Crippen LogP contribution < -0.4 is 5.56 Å². The fourth-order valence-electron chi connectivity index (χ4n) is 3.75. The predicted octanol–water partition coefficient (Wildman–Crippen LogP) is 2.27. The van der Waals surface area contributed by atoms with Gasteiger partial charge in [-0.05, 0) is 33.2 Å². The van der Waals surface area contributed by atoms with Crippen molar-refractivity contribution in [3.8, 4) is 0 Å². The third-order valence-electron chi connectivity index (χ3n) is 5.13. The molecule has 1 atom stereocenters. The summed E-state index contributed by atoms with van der Waals surface area (Å²) in [4.78, 5) is 22.4. The van der Waals surface area contributed by atoms with Crippen LogP contribution in [0.15, 0.2) is 29.5 Å². The normalized spacial score (nSPS) is 18.9. The van der Waals surface area contributed by atoms with Crippen LogP contribution in [0.3, 0.4) is 0 Å². The van der Waals surface area contributed by atoms with Crippen molar-refractivity contribution in [3.05, 3.63) is 52.0 Å². The number of H-pyrrole nitrogens is 1. The van der Waals surface area contributed by atoms with E-state index in [0.717, 1.165) is 37.4 Å². The van der Waals surface area contributed by atoms with E-state index in [9.17, 15) is 4.79 Å². The number of aromatic nitrogens is 5. The van der Waals surface area contributed by atoms with Gasteiger partial charge in [-0.2, -0.15) is 5.10 Å². The van der Waals surface area contributed by atoms with Crippen LogP contribution in [0.4, 0.5) is 0 Å². The van der Waals surface area contributed by atoms with Gasteiger partial charge < -0.3 is 4.98 Å². The molecule has 4 heterocycles. The Hall–Kier alpha value is -2.41. The number of nitrogens with zero attached hydrogens (tertiary/aromatic N) is 5. The molecule has 0 spiro atoms. The van der Waals surface area contributed by atoms with E-state index < -0.39 is 0 Å². The van der Waals surface area contributed by atoms with Gasteiger partial charge in [-0.15, -0.1) is 0 Å². The lowest BCUT2D eigenvalue weighted by Crippen LogP contribution is -2.34. The predicted molar refractivity (Wildman–Crippen MR) is 95.5 cm³/mol. The first-order chi connectivity index (χ1) is 12.2. The summed E-state index contributed by atoms with van der Waals surface area (Å²) in [6, 6.07) is 1.94. The van der Waals surface area contributed by atoms with Crippen molar-refractivity contribution in [1.82, 2.24) is 29.0 Å². The van der Waals surface area contributed by atoms with Gasteiger partial charge in [0.2, 0.25) is 5.78 Å². The largest absolute Gasteiger partial charge is 0.327 e. The molecule has 132 valence electrons. The lowest BCUT2D eigenvalue weighted by Gasteiger charge is -2.35. The quantitative estimate of drug-likeness (QED) is 0.791. The minimum Gasteiger partial charge on any atom is -0.327 e. The molecule has 1 saturated heterocycles. The number of imidazole rings is 1. The molecule has 1 N–H and O–H groups in total. The van der Waals surface area contributed by atoms with Crippen molar-refractivity contribution < 1.29 is 0 Å². The Morgan fingerprint density at radius 3 is 3.04 bits per heavy atom. The first-order valence-electron chi connectivity index (χ1n) is 8.99. The van der Waals surface area contributed by atoms with E-state index in [4.69, 9.17) is 0 Å². The highest BCUT2D eigenvalue weighted by Crippen LogP contribution is 2.31. The molecule has 0 unspecified atom stereocenters. The van der Waals surface area contributed by atoms with E-state index in [-0.39, 0.29) is 11.6 Å². The molecular formula is C18H24N6O. The SMILES string of the molecule is CCn1cc(CN2CCCC[C@H]2c2cc(=O)n3ccnc3[nH]2)c(C)n1. The average Bonchev–Trinajstić information content (AvgIpc) is 3.22. The number of likely N-dealkylation sites (tertiary alicyclic amines) is 1. The number of rotatable bonds is 4. The van der Waals surface area contributed by atoms with E-state index >= 15 is 0 Å². The van der Waals surface area contributed by atoms with Crippen molar-refractivity contribution in [3.63, 3.8) is 0 Å². The number of hydrogen-bond acceptors (Lipinski definition) is 4. The summed E-state index contributed by atoms with van der Waals surface area (Å²) in [6.07, 6.45) is 8.90. The van der Waals surface area contributed by atoms with Crippen LogP contribution in [0.5, 0.6) is 0 Å². The van der Waals surface area contributed by atoms with Crippen LogP contribution in [0, 0.1) is 6.92 Å². The van der Waals surface area contributed by atoms with Crippen molar-refractivity contribution >= 4 is 5.78 Å². The van der Waals surface area contributed by atoms with Crippen LogP contribution in [0.2, 0.25) is 0 Å². The molecule has 0 amide bonds. The maximum Gasteiger partial charge on any atom is 0.259 e. The highest BCUT2D eigenvalue weighted by molar-refractivity contribution is 5.30. The Morgan fingerprint density at radius 2 is 2.24 bits per heavy atom. The van der Waals surface area contributed by atoms with Gasteiger partial charge in [0, 0.05) is 49.0 Å². The van der Waals surface area contributed by atoms with Crippen LogP contribution in [-0.2, 0) is 13.1 Å². The first kappa shape index (κ1) is 16.1. The van der Waals surface area contributed by atoms with Gasteiger partial charge in [0.05, 0.1) is 11.7 Å². The molecule has 3 aromatic rings. The smallest absolute Gasteiger partial charge is 0.259 e. The zero-order valence-corrected chi connectivity index (χ0v) is 14.8. The number of hydrogen-bond donors (Lipinski definition) is 1. The number of piperidine rings is 1. The van der Waals surface area contributed by atoms with Crippen LogP contribution in [-0.4, -0.2) is 35.6 Å². The number of nitrogens with one attached hydrogen (secondary N) is 1. The number of aryl methyl sites for hydroxylation is 2. The second-order valence-electron chi connectivity index (χ2n) is 6.76. The molecule has 25 heavy (non-hydrogen) atoms. The van der Waals surface area contributed by atoms with Gasteiger partial charge >= 0.3 is 0 Å². The van der Waals surface area contributed by atoms with Gasteiger partial charge in [-0.25, -0.2) is 4.98 Å². The maximum absolute atomic E-state index is 12.3. The van der Waals surface area contributed by atoms with Crippen LogP contribution >= 0.6 is 0 Å². The summed E-state index contributed by atoms with van der Waals surface area (Å²) in [5.74, 6) is 0.614. The number of fused-ring (bicyclic) bond motifs is 1. The molecule has 1 aliphatic rings. The third kappa shape index (κ3) is 3.00. The van der Waals surface area contributed by atoms with E-state index in [1.165, 1.54) is 18.4 Å². The molecule has 1 fully saturated rings. The molecule has 7 nitrogen and oxygen atoms in total. The van der Waals surface area contributed by atoms with Crippen LogP contribution in [0.25, 0.3) is 5.78 Å². The van der Waals surface area contributed by atoms with Crippen molar-refractivity contribution in [2.24, 2.45) is 0 Å². The Bertz CT molecular complexity index is 937. The van der Waals surface area contributed by atoms with Crippen molar-refractivity contribution in [2.45, 2.75) is 52.2 Å². The minimum atomic E-state index is -0.0262. The van der Waals surface area contributed by atoms with E-state index in [2.05, 4.69) is 40.0 Å². The Morgan fingerprint density at radius 1 is 1.36 bits per heavy atom. The second-order valence-corrected chi connectivity index (χ2v) is 6.76.